The molecule has 3 rings (SSSR count). The molecule has 0 aliphatic rings. The van der Waals surface area contributed by atoms with Crippen LogP contribution in [0, 0.1) is 18.6 Å². The Bertz CT molecular complexity index is 908. The zero-order chi connectivity index (χ0) is 17.8. The number of rotatable bonds is 5. The number of aromatic nitrogens is 1. The molecule has 0 saturated heterocycles. The van der Waals surface area contributed by atoms with Gasteiger partial charge >= 0.3 is 0 Å². The standard InChI is InChI=1S/C19H16F2N2OS/c1-12-3-2-4-14(9-12)19-23-15(11-25-19)7-8-22-18(24)13-5-6-16(20)17(21)10-13/h2-6,9-11H,7-8H2,1H3,(H,22,24). The molecule has 0 radical (unpaired) electrons. The number of nitrogens with one attached hydrogen (secondary N) is 1. The number of halogens is 2. The van der Waals surface area contributed by atoms with Crippen LogP contribution in [-0.2, 0) is 6.42 Å². The first kappa shape index (κ1) is 17.2. The zero-order valence-corrected chi connectivity index (χ0v) is 14.4. The summed E-state index contributed by atoms with van der Waals surface area (Å²) in [6.45, 7) is 2.40. The highest BCUT2D eigenvalue weighted by Crippen LogP contribution is 2.24. The third-order valence-corrected chi connectivity index (χ3v) is 4.61. The van der Waals surface area contributed by atoms with Gasteiger partial charge in [0.05, 0.1) is 5.69 Å². The van der Waals surface area contributed by atoms with Gasteiger partial charge in [0.15, 0.2) is 11.6 Å². The van der Waals surface area contributed by atoms with Crippen LogP contribution < -0.4 is 5.32 Å². The summed E-state index contributed by atoms with van der Waals surface area (Å²) in [7, 11) is 0. The molecule has 0 unspecified atom stereocenters. The minimum atomic E-state index is -1.03. The van der Waals surface area contributed by atoms with Crippen molar-refractivity contribution in [1.29, 1.82) is 0 Å². The molecular formula is C19H16F2N2OS. The lowest BCUT2D eigenvalue weighted by Crippen LogP contribution is -2.25. The Morgan fingerprint density at radius 1 is 1.16 bits per heavy atom. The van der Waals surface area contributed by atoms with Crippen molar-refractivity contribution in [1.82, 2.24) is 10.3 Å². The maximum atomic E-state index is 13.2. The van der Waals surface area contributed by atoms with Crippen molar-refractivity contribution in [2.45, 2.75) is 13.3 Å². The molecule has 0 spiro atoms. The van der Waals surface area contributed by atoms with E-state index in [9.17, 15) is 13.6 Å². The van der Waals surface area contributed by atoms with Gasteiger partial charge in [-0.1, -0.05) is 23.8 Å². The Morgan fingerprint density at radius 2 is 2.00 bits per heavy atom. The van der Waals surface area contributed by atoms with Crippen LogP contribution in [0.5, 0.6) is 0 Å². The molecule has 3 aromatic rings. The number of hydrogen-bond donors (Lipinski definition) is 1. The first-order chi connectivity index (χ1) is 12.0. The second-order valence-corrected chi connectivity index (χ2v) is 6.51. The van der Waals surface area contributed by atoms with Crippen molar-refractivity contribution in [3.8, 4) is 10.6 Å². The molecule has 128 valence electrons. The molecule has 2 aromatic carbocycles. The molecule has 0 aliphatic carbocycles. The second-order valence-electron chi connectivity index (χ2n) is 5.65. The average Bonchev–Trinajstić information content (AvgIpc) is 3.06. The Hall–Kier alpha value is -2.60. The minimum Gasteiger partial charge on any atom is -0.352 e. The van der Waals surface area contributed by atoms with E-state index in [1.165, 1.54) is 11.6 Å². The minimum absolute atomic E-state index is 0.0950. The van der Waals surface area contributed by atoms with Crippen LogP contribution in [0.25, 0.3) is 10.6 Å². The van der Waals surface area contributed by atoms with Gasteiger partial charge in [-0.05, 0) is 31.2 Å². The zero-order valence-electron chi connectivity index (χ0n) is 13.6. The maximum Gasteiger partial charge on any atom is 0.251 e. The van der Waals surface area contributed by atoms with E-state index >= 15 is 0 Å². The second kappa shape index (κ2) is 7.53. The van der Waals surface area contributed by atoms with Crippen molar-refractivity contribution in [3.63, 3.8) is 0 Å². The van der Waals surface area contributed by atoms with E-state index in [2.05, 4.69) is 16.4 Å². The quantitative estimate of drug-likeness (QED) is 0.736. The number of carbonyl (C=O) groups is 1. The number of amides is 1. The van der Waals surface area contributed by atoms with Crippen LogP contribution in [0.15, 0.2) is 47.8 Å². The predicted molar refractivity (Wildman–Crippen MR) is 94.7 cm³/mol. The Morgan fingerprint density at radius 3 is 2.76 bits per heavy atom. The van der Waals surface area contributed by atoms with E-state index < -0.39 is 17.5 Å². The summed E-state index contributed by atoms with van der Waals surface area (Å²) in [6.07, 6.45) is 0.567. The van der Waals surface area contributed by atoms with E-state index in [1.807, 2.05) is 30.5 Å². The summed E-state index contributed by atoms with van der Waals surface area (Å²) in [6, 6.07) is 11.2. The molecule has 1 amide bonds. The third kappa shape index (κ3) is 4.28. The highest BCUT2D eigenvalue weighted by Gasteiger charge is 2.10. The molecule has 1 heterocycles. The van der Waals surface area contributed by atoms with Gasteiger partial charge in [-0.25, -0.2) is 13.8 Å². The topological polar surface area (TPSA) is 42.0 Å². The Kier molecular flexibility index (Phi) is 5.19. The maximum absolute atomic E-state index is 13.2. The number of aryl methyl sites for hydroxylation is 1. The summed E-state index contributed by atoms with van der Waals surface area (Å²) >= 11 is 1.56. The van der Waals surface area contributed by atoms with Crippen LogP contribution in [0.3, 0.4) is 0 Å². The van der Waals surface area contributed by atoms with Crippen LogP contribution in [0.1, 0.15) is 21.6 Å². The lowest BCUT2D eigenvalue weighted by atomic mass is 10.1. The van der Waals surface area contributed by atoms with E-state index in [-0.39, 0.29) is 5.56 Å². The molecule has 1 N–H and O–H groups in total. The monoisotopic (exact) mass is 358 g/mol. The first-order valence-electron chi connectivity index (χ1n) is 7.77. The lowest BCUT2D eigenvalue weighted by molar-refractivity contribution is 0.0953. The van der Waals surface area contributed by atoms with Gasteiger partial charge in [0.25, 0.3) is 5.91 Å². The third-order valence-electron chi connectivity index (χ3n) is 3.67. The van der Waals surface area contributed by atoms with E-state index in [4.69, 9.17) is 0 Å². The fourth-order valence-electron chi connectivity index (χ4n) is 2.38. The normalized spacial score (nSPS) is 10.7. The highest BCUT2D eigenvalue weighted by atomic mass is 32.1. The van der Waals surface area contributed by atoms with Gasteiger partial charge in [0.1, 0.15) is 5.01 Å². The largest absolute Gasteiger partial charge is 0.352 e. The molecule has 1 aromatic heterocycles. The summed E-state index contributed by atoms with van der Waals surface area (Å²) < 4.78 is 26.0. The lowest BCUT2D eigenvalue weighted by Gasteiger charge is -2.04. The van der Waals surface area contributed by atoms with Crippen LogP contribution in [0.2, 0.25) is 0 Å². The molecule has 3 nitrogen and oxygen atoms in total. The molecule has 6 heteroatoms. The van der Waals surface area contributed by atoms with E-state index in [1.54, 1.807) is 11.3 Å². The van der Waals surface area contributed by atoms with Crippen molar-refractivity contribution in [2.75, 3.05) is 6.54 Å². The number of nitrogens with zero attached hydrogens (tertiary/aromatic N) is 1. The molecule has 0 fully saturated rings. The molecule has 25 heavy (non-hydrogen) atoms. The first-order valence-corrected chi connectivity index (χ1v) is 8.65. The summed E-state index contributed by atoms with van der Waals surface area (Å²) in [5.74, 6) is -2.44. The van der Waals surface area contributed by atoms with Crippen LogP contribution in [-0.4, -0.2) is 17.4 Å². The Labute approximate surface area is 148 Å². The smallest absolute Gasteiger partial charge is 0.251 e. The van der Waals surface area contributed by atoms with Gasteiger partial charge in [-0.3, -0.25) is 4.79 Å². The fraction of sp³-hybridized carbons (Fsp3) is 0.158. The average molecular weight is 358 g/mol. The van der Waals surface area contributed by atoms with Gasteiger partial charge in [0, 0.05) is 29.5 Å². The van der Waals surface area contributed by atoms with Gasteiger partial charge in [0.2, 0.25) is 0 Å². The highest BCUT2D eigenvalue weighted by molar-refractivity contribution is 7.13. The van der Waals surface area contributed by atoms with Crippen molar-refractivity contribution < 1.29 is 13.6 Å². The Balaban J connectivity index is 1.57. The molecular weight excluding hydrogens is 342 g/mol. The van der Waals surface area contributed by atoms with Crippen LogP contribution in [0.4, 0.5) is 8.78 Å². The van der Waals surface area contributed by atoms with Gasteiger partial charge in [-0.2, -0.15) is 0 Å². The predicted octanol–water partition coefficient (Wildman–Crippen LogP) is 4.37. The van der Waals surface area contributed by atoms with Gasteiger partial charge < -0.3 is 5.32 Å². The molecule has 0 aliphatic heterocycles. The number of benzene rings is 2. The molecule has 0 saturated carbocycles. The number of thiazole rings is 1. The molecule has 0 atom stereocenters. The van der Waals surface area contributed by atoms with E-state index in [0.29, 0.717) is 13.0 Å². The SMILES string of the molecule is Cc1cccc(-c2nc(CCNC(=O)c3ccc(F)c(F)c3)cs2)c1. The van der Waals surface area contributed by atoms with Crippen molar-refractivity contribution in [3.05, 3.63) is 76.3 Å². The van der Waals surface area contributed by atoms with Crippen molar-refractivity contribution >= 4 is 17.2 Å². The number of hydrogen-bond acceptors (Lipinski definition) is 3. The summed E-state index contributed by atoms with van der Waals surface area (Å²) in [5, 5.41) is 5.58. The van der Waals surface area contributed by atoms with Crippen molar-refractivity contribution in [2.24, 2.45) is 0 Å². The van der Waals surface area contributed by atoms with E-state index in [0.717, 1.165) is 28.4 Å². The van der Waals surface area contributed by atoms with Crippen LogP contribution >= 0.6 is 11.3 Å². The van der Waals surface area contributed by atoms with Gasteiger partial charge in [-0.15, -0.1) is 11.3 Å². The number of carbonyl (C=O) groups excluding carboxylic acids is 1. The summed E-state index contributed by atoms with van der Waals surface area (Å²) in [4.78, 5) is 16.5. The summed E-state index contributed by atoms with van der Waals surface area (Å²) in [5.41, 5.74) is 3.22. The fourth-order valence-corrected chi connectivity index (χ4v) is 3.23. The molecule has 0 bridgehead atoms.